The van der Waals surface area contributed by atoms with Gasteiger partial charge in [0.25, 0.3) is 0 Å². The van der Waals surface area contributed by atoms with E-state index in [1.54, 1.807) is 0 Å². The third kappa shape index (κ3) is 2.73. The van der Waals surface area contributed by atoms with Gasteiger partial charge >= 0.3 is 91.9 Å². The first-order valence-corrected chi connectivity index (χ1v) is 7.01. The Bertz CT molecular complexity index is 190. The number of piperidine rings is 1. The van der Waals surface area contributed by atoms with Crippen LogP contribution in [-0.2, 0) is 0 Å². The van der Waals surface area contributed by atoms with Crippen molar-refractivity contribution in [2.75, 3.05) is 17.5 Å². The molecule has 0 aromatic heterocycles. The minimum atomic E-state index is -4.47. The average Bonchev–Trinajstić information content (AvgIpc) is 2.08. The molecule has 1 rings (SSSR count). The van der Waals surface area contributed by atoms with Gasteiger partial charge in [-0.3, -0.25) is 0 Å². The van der Waals surface area contributed by atoms with Crippen LogP contribution in [0.1, 0.15) is 19.8 Å². The molecule has 6 heteroatoms. The fourth-order valence-corrected chi connectivity index (χ4v) is 3.55. The van der Waals surface area contributed by atoms with E-state index in [1.807, 2.05) is 6.92 Å². The predicted octanol–water partition coefficient (Wildman–Crippen LogP) is -1.60. The van der Waals surface area contributed by atoms with Crippen molar-refractivity contribution in [1.82, 2.24) is 3.11 Å². The molecule has 0 amide bonds. The second kappa shape index (κ2) is 4.52. The Morgan fingerprint density at radius 3 is 2.21 bits per heavy atom. The molecule has 0 aromatic carbocycles. The number of aliphatic hydroxyl groups is 1. The van der Waals surface area contributed by atoms with Gasteiger partial charge in [0.05, 0.1) is 0 Å². The van der Waals surface area contributed by atoms with Crippen molar-refractivity contribution >= 4 is 0 Å². The zero-order valence-corrected chi connectivity index (χ0v) is 10.1. The summed E-state index contributed by atoms with van der Waals surface area (Å²) in [6.45, 7) is 2.81. The van der Waals surface area contributed by atoms with E-state index >= 15 is 0 Å². The van der Waals surface area contributed by atoms with Gasteiger partial charge < -0.3 is 0 Å². The van der Waals surface area contributed by atoms with Gasteiger partial charge in [0.2, 0.25) is 0 Å². The normalized spacial score (nSPS) is 24.1. The van der Waals surface area contributed by atoms with Gasteiger partial charge in [-0.15, -0.1) is 0 Å². The van der Waals surface area contributed by atoms with Gasteiger partial charge in [-0.1, -0.05) is 0 Å². The molecule has 0 spiro atoms. The molecule has 0 unspecified atom stereocenters. The molecule has 0 radical (unpaired) electrons. The third-order valence-corrected chi connectivity index (χ3v) is 4.96. The first kappa shape index (κ1) is 12.5. The molecule has 1 heterocycles. The summed E-state index contributed by atoms with van der Waals surface area (Å²) in [7, 11) is 0. The zero-order chi connectivity index (χ0) is 10.8. The van der Waals surface area contributed by atoms with Crippen molar-refractivity contribution in [2.45, 2.75) is 31.5 Å². The number of rotatable bonds is 2. The maximum atomic E-state index is 12.4. The van der Waals surface area contributed by atoms with E-state index in [-0.39, 0.29) is 34.3 Å². The van der Waals surface area contributed by atoms with Gasteiger partial charge in [-0.05, 0) is 0 Å². The molecular formula is C8H14F3INO-. The van der Waals surface area contributed by atoms with Crippen LogP contribution < -0.4 is 21.5 Å². The Balaban J connectivity index is 2.49. The van der Waals surface area contributed by atoms with E-state index in [0.717, 1.165) is 4.43 Å². The maximum absolute atomic E-state index is 12.4. The molecule has 0 aromatic rings. The van der Waals surface area contributed by atoms with Crippen molar-refractivity contribution in [3.63, 3.8) is 0 Å². The summed E-state index contributed by atoms with van der Waals surface area (Å²) in [5.74, 6) is 0. The van der Waals surface area contributed by atoms with Crippen LogP contribution in [0.4, 0.5) is 13.2 Å². The third-order valence-electron chi connectivity index (χ3n) is 2.35. The molecule has 0 saturated carbocycles. The molecule has 2 nitrogen and oxygen atoms in total. The molecule has 0 bridgehead atoms. The summed E-state index contributed by atoms with van der Waals surface area (Å²) in [5, 5.41) is 9.35. The van der Waals surface area contributed by atoms with Crippen LogP contribution >= 0.6 is 0 Å². The van der Waals surface area contributed by atoms with Crippen molar-refractivity contribution in [2.24, 2.45) is 0 Å². The van der Waals surface area contributed by atoms with E-state index in [2.05, 4.69) is 3.11 Å². The van der Waals surface area contributed by atoms with Gasteiger partial charge in [-0.25, -0.2) is 0 Å². The van der Waals surface area contributed by atoms with E-state index in [1.165, 1.54) is 0 Å². The van der Waals surface area contributed by atoms with Crippen molar-refractivity contribution in [3.8, 4) is 0 Å². The summed E-state index contributed by atoms with van der Waals surface area (Å²) in [4.78, 5) is 0. The standard InChI is InChI=1S/C8H14F3INO/c1-2-12-13-5-3-7(14,4-6-13)8(9,10)11/h14H,2-6H2,1H3/q-1. The number of hydrogen-bond acceptors (Lipinski definition) is 2. The number of halogens is 4. The quantitative estimate of drug-likeness (QED) is 0.376. The molecule has 1 aliphatic rings. The fourth-order valence-electron chi connectivity index (χ4n) is 1.42. The zero-order valence-electron chi connectivity index (χ0n) is 7.94. The van der Waals surface area contributed by atoms with Crippen LogP contribution in [0, 0.1) is 0 Å². The summed E-state index contributed by atoms with van der Waals surface area (Å²) in [5.41, 5.74) is -2.43. The average molecular weight is 324 g/mol. The van der Waals surface area contributed by atoms with Crippen LogP contribution in [0.25, 0.3) is 0 Å². The van der Waals surface area contributed by atoms with Gasteiger partial charge in [0, 0.05) is 0 Å². The molecule has 1 N–H and O–H groups in total. The molecule has 14 heavy (non-hydrogen) atoms. The molecular weight excluding hydrogens is 310 g/mol. The van der Waals surface area contributed by atoms with Crippen LogP contribution in [-0.4, -0.2) is 37.5 Å². The first-order valence-electron chi connectivity index (χ1n) is 4.52. The summed E-state index contributed by atoms with van der Waals surface area (Å²) < 4.78 is 40.3. The van der Waals surface area contributed by atoms with E-state index in [4.69, 9.17) is 0 Å². The first-order chi connectivity index (χ1) is 6.39. The van der Waals surface area contributed by atoms with Gasteiger partial charge in [0.15, 0.2) is 0 Å². The summed E-state index contributed by atoms with van der Waals surface area (Å²) >= 11 is -0.117. The Morgan fingerprint density at radius 2 is 1.86 bits per heavy atom. The van der Waals surface area contributed by atoms with Crippen LogP contribution in [0.15, 0.2) is 0 Å². The fraction of sp³-hybridized carbons (Fsp3) is 1.00. The number of hydrogen-bond donors (Lipinski definition) is 1. The SMILES string of the molecule is CC[I-]N1CCC(O)(C(F)(F)F)CC1. The van der Waals surface area contributed by atoms with E-state index in [9.17, 15) is 18.3 Å². The van der Waals surface area contributed by atoms with Crippen molar-refractivity contribution in [3.05, 3.63) is 0 Å². The second-order valence-corrected chi connectivity index (χ2v) is 6.90. The number of alkyl halides is 4. The Labute approximate surface area is 92.1 Å². The molecule has 0 aliphatic carbocycles. The molecule has 0 atom stereocenters. The predicted molar refractivity (Wildman–Crippen MR) is 42.4 cm³/mol. The topological polar surface area (TPSA) is 23.5 Å². The number of nitrogens with zero attached hydrogens (tertiary/aromatic N) is 1. The Hall–Kier alpha value is 0.440. The second-order valence-electron chi connectivity index (χ2n) is 3.33. The molecule has 86 valence electrons. The molecule has 1 saturated heterocycles. The van der Waals surface area contributed by atoms with Crippen molar-refractivity contribution in [1.29, 1.82) is 0 Å². The molecule has 1 fully saturated rings. The summed E-state index contributed by atoms with van der Waals surface area (Å²) in [6.07, 6.45) is -4.81. The summed E-state index contributed by atoms with van der Waals surface area (Å²) in [6, 6.07) is 0. The Morgan fingerprint density at radius 1 is 1.36 bits per heavy atom. The molecule has 1 aliphatic heterocycles. The van der Waals surface area contributed by atoms with Crippen LogP contribution in [0.5, 0.6) is 0 Å². The monoisotopic (exact) mass is 324 g/mol. The van der Waals surface area contributed by atoms with Gasteiger partial charge in [-0.2, -0.15) is 0 Å². The van der Waals surface area contributed by atoms with Crippen LogP contribution in [0.2, 0.25) is 0 Å². The Kier molecular flexibility index (Phi) is 4.04. The van der Waals surface area contributed by atoms with Crippen molar-refractivity contribution < 1.29 is 39.8 Å². The van der Waals surface area contributed by atoms with Crippen LogP contribution in [0.3, 0.4) is 0 Å². The van der Waals surface area contributed by atoms with E-state index in [0.29, 0.717) is 13.1 Å². The van der Waals surface area contributed by atoms with E-state index < -0.39 is 11.8 Å². The minimum absolute atomic E-state index is 0.117. The van der Waals surface area contributed by atoms with Gasteiger partial charge in [0.1, 0.15) is 0 Å².